The van der Waals surface area contributed by atoms with Crippen molar-refractivity contribution in [1.29, 1.82) is 0 Å². The molecule has 2 saturated heterocycles. The lowest BCUT2D eigenvalue weighted by Crippen LogP contribution is -2.42. The molecule has 3 rings (SSSR count). The van der Waals surface area contributed by atoms with Crippen molar-refractivity contribution in [3.63, 3.8) is 0 Å². The summed E-state index contributed by atoms with van der Waals surface area (Å²) in [6.07, 6.45) is -2.03. The zero-order chi connectivity index (χ0) is 23.5. The monoisotopic (exact) mass is 457 g/mol. The highest BCUT2D eigenvalue weighted by Gasteiger charge is 2.35. The maximum Gasteiger partial charge on any atom is 0.416 e. The lowest BCUT2D eigenvalue weighted by Gasteiger charge is -2.33. The van der Waals surface area contributed by atoms with Crippen LogP contribution in [0.15, 0.2) is 18.2 Å². The second-order valence-electron chi connectivity index (χ2n) is 8.41. The van der Waals surface area contributed by atoms with Gasteiger partial charge in [-0.3, -0.25) is 19.7 Å². The molecule has 1 unspecified atom stereocenters. The number of carbonyl (C=O) groups excluding carboxylic acids is 2. The van der Waals surface area contributed by atoms with Crippen molar-refractivity contribution in [2.24, 2.45) is 11.8 Å². The molecule has 2 aliphatic rings. The SMILES string of the molecule is CC1CCCN(C(=O)COC(=O)C2CCN(c3ccc(C(F)(F)F)cc3[N+](=O)[O-])CC2)C1. The van der Waals surface area contributed by atoms with E-state index in [0.29, 0.717) is 37.9 Å². The van der Waals surface area contributed by atoms with Crippen molar-refractivity contribution < 1.29 is 32.4 Å². The summed E-state index contributed by atoms with van der Waals surface area (Å²) in [6.45, 7) is 3.58. The first kappa shape index (κ1) is 23.8. The number of nitrogens with zero attached hydrogens (tertiary/aromatic N) is 3. The van der Waals surface area contributed by atoms with Crippen LogP contribution in [0.25, 0.3) is 0 Å². The molecule has 2 heterocycles. The lowest BCUT2D eigenvalue weighted by atomic mass is 9.96. The van der Waals surface area contributed by atoms with Crippen molar-refractivity contribution in [3.05, 3.63) is 33.9 Å². The molecule has 0 radical (unpaired) electrons. The molecule has 1 atom stereocenters. The molecule has 0 aromatic heterocycles. The van der Waals surface area contributed by atoms with Gasteiger partial charge in [-0.2, -0.15) is 13.2 Å². The van der Waals surface area contributed by atoms with Crippen molar-refractivity contribution >= 4 is 23.3 Å². The van der Waals surface area contributed by atoms with E-state index >= 15 is 0 Å². The molecule has 0 spiro atoms. The minimum absolute atomic E-state index is 0.0872. The maximum atomic E-state index is 12.9. The van der Waals surface area contributed by atoms with Gasteiger partial charge in [0.15, 0.2) is 6.61 Å². The van der Waals surface area contributed by atoms with Crippen LogP contribution in [0.1, 0.15) is 38.2 Å². The zero-order valence-electron chi connectivity index (χ0n) is 17.8. The Morgan fingerprint density at radius 3 is 2.47 bits per heavy atom. The number of ether oxygens (including phenoxy) is 1. The van der Waals surface area contributed by atoms with Gasteiger partial charge in [-0.15, -0.1) is 0 Å². The van der Waals surface area contributed by atoms with Crippen LogP contribution in [-0.2, 0) is 20.5 Å². The third-order valence-electron chi connectivity index (χ3n) is 6.02. The van der Waals surface area contributed by atoms with E-state index in [-0.39, 0.29) is 31.3 Å². The Hall–Kier alpha value is -2.85. The van der Waals surface area contributed by atoms with Crippen LogP contribution in [0, 0.1) is 22.0 Å². The predicted octanol–water partition coefficient (Wildman–Crippen LogP) is 3.63. The topological polar surface area (TPSA) is 93.0 Å². The fraction of sp³-hybridized carbons (Fsp3) is 0.619. The standard InChI is InChI=1S/C21H26F3N3O5/c1-14-3-2-8-26(12-14)19(28)13-32-20(29)15-6-9-25(10-7-15)17-5-4-16(21(22,23)24)11-18(17)27(30)31/h4-5,11,14-15H,2-3,6-10,12-13H2,1H3. The van der Waals surface area contributed by atoms with Gasteiger partial charge in [0.25, 0.3) is 11.6 Å². The van der Waals surface area contributed by atoms with Crippen LogP contribution >= 0.6 is 0 Å². The van der Waals surface area contributed by atoms with Crippen LogP contribution in [0.5, 0.6) is 0 Å². The molecule has 32 heavy (non-hydrogen) atoms. The fourth-order valence-corrected chi connectivity index (χ4v) is 4.23. The molecule has 0 aliphatic carbocycles. The summed E-state index contributed by atoms with van der Waals surface area (Å²) in [4.78, 5) is 38.4. The van der Waals surface area contributed by atoms with Crippen LogP contribution in [0.2, 0.25) is 0 Å². The first-order valence-electron chi connectivity index (χ1n) is 10.6. The highest BCUT2D eigenvalue weighted by molar-refractivity contribution is 5.81. The number of alkyl halides is 3. The Labute approximate surface area is 183 Å². The summed E-state index contributed by atoms with van der Waals surface area (Å²) < 4.78 is 43.9. The first-order chi connectivity index (χ1) is 15.1. The Bertz CT molecular complexity index is 869. The smallest absolute Gasteiger partial charge is 0.416 e. The molecule has 0 saturated carbocycles. The molecule has 0 bridgehead atoms. The molecular weight excluding hydrogens is 431 g/mol. The third kappa shape index (κ3) is 5.68. The zero-order valence-corrected chi connectivity index (χ0v) is 17.8. The van der Waals surface area contributed by atoms with E-state index in [0.717, 1.165) is 25.0 Å². The summed E-state index contributed by atoms with van der Waals surface area (Å²) in [7, 11) is 0. The average molecular weight is 457 g/mol. The molecule has 176 valence electrons. The normalized spacial score (nSPS) is 20.2. The van der Waals surface area contributed by atoms with Gasteiger partial charge in [-0.25, -0.2) is 0 Å². The Kier molecular flexibility index (Phi) is 7.25. The molecule has 1 amide bonds. The fourth-order valence-electron chi connectivity index (χ4n) is 4.23. The molecular formula is C21H26F3N3O5. The Morgan fingerprint density at radius 1 is 1.19 bits per heavy atom. The highest BCUT2D eigenvalue weighted by Crippen LogP contribution is 2.37. The van der Waals surface area contributed by atoms with E-state index in [1.807, 2.05) is 0 Å². The number of rotatable bonds is 5. The van der Waals surface area contributed by atoms with Gasteiger partial charge in [0.2, 0.25) is 0 Å². The quantitative estimate of drug-likeness (QED) is 0.381. The second-order valence-corrected chi connectivity index (χ2v) is 8.41. The molecule has 11 heteroatoms. The van der Waals surface area contributed by atoms with E-state index < -0.39 is 34.2 Å². The maximum absolute atomic E-state index is 12.9. The molecule has 1 aromatic carbocycles. The number of carbonyl (C=O) groups is 2. The lowest BCUT2D eigenvalue weighted by molar-refractivity contribution is -0.384. The van der Waals surface area contributed by atoms with Crippen molar-refractivity contribution in [1.82, 2.24) is 4.90 Å². The van der Waals surface area contributed by atoms with Gasteiger partial charge < -0.3 is 14.5 Å². The number of halogens is 3. The van der Waals surface area contributed by atoms with Gasteiger partial charge in [0.05, 0.1) is 16.4 Å². The summed E-state index contributed by atoms with van der Waals surface area (Å²) in [5.74, 6) is -0.762. The first-order valence-corrected chi connectivity index (χ1v) is 10.6. The molecule has 1 aromatic rings. The van der Waals surface area contributed by atoms with Crippen molar-refractivity contribution in [3.8, 4) is 0 Å². The number of piperidine rings is 2. The number of amides is 1. The number of hydrogen-bond acceptors (Lipinski definition) is 6. The number of nitro benzene ring substituents is 1. The third-order valence-corrected chi connectivity index (χ3v) is 6.02. The minimum Gasteiger partial charge on any atom is -0.455 e. The van der Waals surface area contributed by atoms with Crippen LogP contribution in [0.4, 0.5) is 24.5 Å². The van der Waals surface area contributed by atoms with Gasteiger partial charge in [-0.1, -0.05) is 6.92 Å². The van der Waals surface area contributed by atoms with Gasteiger partial charge in [0.1, 0.15) is 5.69 Å². The molecule has 2 fully saturated rings. The van der Waals surface area contributed by atoms with Gasteiger partial charge in [-0.05, 0) is 43.7 Å². The van der Waals surface area contributed by atoms with Crippen LogP contribution in [-0.4, -0.2) is 54.5 Å². The molecule has 2 aliphatic heterocycles. The number of nitro groups is 1. The summed E-state index contributed by atoms with van der Waals surface area (Å²) in [6, 6.07) is 2.44. The van der Waals surface area contributed by atoms with Gasteiger partial charge >= 0.3 is 12.1 Å². The van der Waals surface area contributed by atoms with Crippen molar-refractivity contribution in [2.45, 2.75) is 38.8 Å². The largest absolute Gasteiger partial charge is 0.455 e. The second kappa shape index (κ2) is 9.74. The van der Waals surface area contributed by atoms with E-state index in [9.17, 15) is 32.9 Å². The van der Waals surface area contributed by atoms with E-state index in [1.54, 1.807) is 9.80 Å². The minimum atomic E-state index is -4.68. The Morgan fingerprint density at radius 2 is 1.88 bits per heavy atom. The predicted molar refractivity (Wildman–Crippen MR) is 109 cm³/mol. The number of likely N-dealkylation sites (tertiary alicyclic amines) is 1. The van der Waals surface area contributed by atoms with Gasteiger partial charge in [0, 0.05) is 32.2 Å². The average Bonchev–Trinajstić information content (AvgIpc) is 2.76. The number of esters is 1. The van der Waals surface area contributed by atoms with Crippen LogP contribution < -0.4 is 4.90 Å². The summed E-state index contributed by atoms with van der Waals surface area (Å²) >= 11 is 0. The number of hydrogen-bond donors (Lipinski definition) is 0. The number of benzene rings is 1. The van der Waals surface area contributed by atoms with E-state index in [2.05, 4.69) is 6.92 Å². The van der Waals surface area contributed by atoms with E-state index in [1.165, 1.54) is 0 Å². The molecule has 8 nitrogen and oxygen atoms in total. The highest BCUT2D eigenvalue weighted by atomic mass is 19.4. The molecule has 0 N–H and O–H groups in total. The summed E-state index contributed by atoms with van der Waals surface area (Å²) in [5, 5.41) is 11.3. The van der Waals surface area contributed by atoms with Crippen molar-refractivity contribution in [2.75, 3.05) is 37.7 Å². The van der Waals surface area contributed by atoms with E-state index in [4.69, 9.17) is 4.74 Å². The van der Waals surface area contributed by atoms with Crippen LogP contribution in [0.3, 0.4) is 0 Å². The number of anilines is 1. The Balaban J connectivity index is 1.55. The summed E-state index contributed by atoms with van der Waals surface area (Å²) in [5.41, 5.74) is -1.62.